The zero-order chi connectivity index (χ0) is 15.7. The zero-order valence-corrected chi connectivity index (χ0v) is 13.1. The summed E-state index contributed by atoms with van der Waals surface area (Å²) in [5, 5.41) is 3.89. The Bertz CT molecular complexity index is 826. The van der Waals surface area contributed by atoms with Gasteiger partial charge < -0.3 is 9.88 Å². The molecule has 0 radical (unpaired) electrons. The van der Waals surface area contributed by atoms with Crippen molar-refractivity contribution < 1.29 is 0 Å². The first kappa shape index (κ1) is 14.8. The lowest BCUT2D eigenvalue weighted by Gasteiger charge is -2.20. The summed E-state index contributed by atoms with van der Waals surface area (Å²) in [7, 11) is 1.88. The van der Waals surface area contributed by atoms with Crippen molar-refractivity contribution in [2.45, 2.75) is 13.0 Å². The van der Waals surface area contributed by atoms with Gasteiger partial charge in [0.15, 0.2) is 5.43 Å². The fraction of sp³-hybridized carbons (Fsp3) is 0.176. The molecule has 112 valence electrons. The highest BCUT2D eigenvalue weighted by Gasteiger charge is 2.15. The van der Waals surface area contributed by atoms with Crippen LogP contribution in [-0.2, 0) is 0 Å². The molecule has 3 rings (SSSR count). The number of nitrogens with one attached hydrogen (secondary N) is 1. The number of rotatable bonds is 3. The second-order valence-electron chi connectivity index (χ2n) is 5.18. The summed E-state index contributed by atoms with van der Waals surface area (Å²) in [6.07, 6.45) is 1.99. The molecule has 0 amide bonds. The number of hydrogen-bond acceptors (Lipinski definition) is 3. The molecule has 1 aliphatic heterocycles. The maximum Gasteiger partial charge on any atom is 0.180 e. The van der Waals surface area contributed by atoms with Crippen molar-refractivity contribution in [2.75, 3.05) is 7.05 Å². The van der Waals surface area contributed by atoms with Gasteiger partial charge in [-0.1, -0.05) is 11.6 Å². The van der Waals surface area contributed by atoms with Crippen LogP contribution in [0, 0.1) is 0 Å². The topological polar surface area (TPSA) is 46.9 Å². The van der Waals surface area contributed by atoms with Gasteiger partial charge in [-0.15, -0.1) is 0 Å². The molecule has 1 heterocycles. The van der Waals surface area contributed by atoms with Gasteiger partial charge in [-0.2, -0.15) is 0 Å². The van der Waals surface area contributed by atoms with Crippen LogP contribution in [0.4, 0.5) is 0 Å². The number of halogens is 1. The third kappa shape index (κ3) is 2.75. The Hall–Kier alpha value is -2.17. The van der Waals surface area contributed by atoms with E-state index in [1.807, 2.05) is 49.0 Å². The lowest BCUT2D eigenvalue weighted by Crippen LogP contribution is -2.21. The van der Waals surface area contributed by atoms with E-state index in [1.54, 1.807) is 18.2 Å². The maximum atomic E-state index is 11.5. The summed E-state index contributed by atoms with van der Waals surface area (Å²) in [6, 6.07) is 12.5. The molecule has 1 unspecified atom stereocenters. The van der Waals surface area contributed by atoms with Gasteiger partial charge in [-0.3, -0.25) is 4.79 Å². The molecule has 4 nitrogen and oxygen atoms in total. The smallest absolute Gasteiger partial charge is 0.180 e. The summed E-state index contributed by atoms with van der Waals surface area (Å²) in [5.41, 5.74) is 2.56. The third-order valence-corrected chi connectivity index (χ3v) is 3.93. The van der Waals surface area contributed by atoms with Gasteiger partial charge in [-0.25, -0.2) is 4.98 Å². The molecular weight excluding hydrogens is 298 g/mol. The van der Waals surface area contributed by atoms with E-state index >= 15 is 0 Å². The van der Waals surface area contributed by atoms with Crippen LogP contribution >= 0.6 is 11.6 Å². The van der Waals surface area contributed by atoms with E-state index in [2.05, 4.69) is 10.3 Å². The van der Waals surface area contributed by atoms with Gasteiger partial charge in [0, 0.05) is 28.5 Å². The van der Waals surface area contributed by atoms with Crippen molar-refractivity contribution in [1.82, 2.24) is 14.9 Å². The van der Waals surface area contributed by atoms with E-state index in [4.69, 9.17) is 11.6 Å². The van der Waals surface area contributed by atoms with Gasteiger partial charge in [-0.05, 0) is 50.4 Å². The highest BCUT2D eigenvalue weighted by molar-refractivity contribution is 6.30. The minimum Gasteiger partial charge on any atom is -0.311 e. The molecule has 1 aliphatic carbocycles. The van der Waals surface area contributed by atoms with Gasteiger partial charge in [0.25, 0.3) is 0 Å². The van der Waals surface area contributed by atoms with Crippen LogP contribution in [0.15, 0.2) is 53.5 Å². The van der Waals surface area contributed by atoms with Crippen LogP contribution in [0.5, 0.6) is 0 Å². The van der Waals surface area contributed by atoms with Gasteiger partial charge >= 0.3 is 0 Å². The molecule has 2 aliphatic rings. The fourth-order valence-corrected chi connectivity index (χ4v) is 2.48. The minimum atomic E-state index is -0.0349. The normalized spacial score (nSPS) is 12.5. The van der Waals surface area contributed by atoms with E-state index in [0.29, 0.717) is 10.7 Å². The molecule has 1 aromatic rings. The zero-order valence-electron chi connectivity index (χ0n) is 12.4. The van der Waals surface area contributed by atoms with Crippen LogP contribution in [0.2, 0.25) is 5.02 Å². The summed E-state index contributed by atoms with van der Waals surface area (Å²) >= 11 is 5.97. The molecule has 5 heteroatoms. The van der Waals surface area contributed by atoms with Crippen LogP contribution < -0.4 is 10.7 Å². The molecule has 1 atom stereocenters. The van der Waals surface area contributed by atoms with E-state index < -0.39 is 0 Å². The Balaban J connectivity index is 2.27. The van der Waals surface area contributed by atoms with Gasteiger partial charge in [0.2, 0.25) is 0 Å². The Labute approximate surface area is 133 Å². The van der Waals surface area contributed by atoms with Crippen LogP contribution in [0.1, 0.15) is 18.8 Å². The number of fused-ring (bicyclic) bond motifs is 1. The highest BCUT2D eigenvalue weighted by Crippen LogP contribution is 2.24. The SMILES string of the molecule is CNC(C)c1nc2cc(=O)ccc-2cn1-c1ccc(Cl)cc1. The van der Waals surface area contributed by atoms with Crippen molar-refractivity contribution in [2.24, 2.45) is 0 Å². The lowest BCUT2D eigenvalue weighted by atomic mass is 10.1. The first-order valence-electron chi connectivity index (χ1n) is 7.05. The quantitative estimate of drug-likeness (QED) is 0.807. The Morgan fingerprint density at radius 3 is 2.59 bits per heavy atom. The molecule has 1 N–H and O–H groups in total. The number of hydrogen-bond donors (Lipinski definition) is 1. The van der Waals surface area contributed by atoms with Crippen molar-refractivity contribution in [3.63, 3.8) is 0 Å². The Kier molecular flexibility index (Phi) is 3.96. The third-order valence-electron chi connectivity index (χ3n) is 3.68. The predicted octanol–water partition coefficient (Wildman–Crippen LogP) is 3.27. The van der Waals surface area contributed by atoms with Crippen molar-refractivity contribution in [3.05, 3.63) is 69.7 Å². The van der Waals surface area contributed by atoms with Crippen LogP contribution in [-0.4, -0.2) is 16.6 Å². The summed E-state index contributed by atoms with van der Waals surface area (Å²) in [5.74, 6) is 0.836. The van der Waals surface area contributed by atoms with Crippen molar-refractivity contribution >= 4 is 11.6 Å². The Morgan fingerprint density at radius 2 is 1.91 bits per heavy atom. The standard InChI is InChI=1S/C17H16ClN3O/c1-11(19-2)17-20-16-9-15(22)8-3-12(16)10-21(17)14-6-4-13(18)5-7-14/h3-11,19H,1-2H3. The van der Waals surface area contributed by atoms with Crippen molar-refractivity contribution in [3.8, 4) is 16.9 Å². The van der Waals surface area contributed by atoms with Gasteiger partial charge in [0.1, 0.15) is 5.82 Å². The number of benzene rings is 2. The first-order valence-corrected chi connectivity index (χ1v) is 7.43. The monoisotopic (exact) mass is 313 g/mol. The molecule has 0 saturated heterocycles. The molecule has 0 fully saturated rings. The van der Waals surface area contributed by atoms with Crippen molar-refractivity contribution in [1.29, 1.82) is 0 Å². The number of nitrogens with zero attached hydrogens (tertiary/aromatic N) is 2. The average molecular weight is 314 g/mol. The second-order valence-corrected chi connectivity index (χ2v) is 5.61. The molecule has 0 aromatic heterocycles. The van der Waals surface area contributed by atoms with Crippen LogP contribution in [0.3, 0.4) is 0 Å². The molecular formula is C17H16ClN3O. The molecule has 1 aromatic carbocycles. The van der Waals surface area contributed by atoms with E-state index in [9.17, 15) is 4.79 Å². The average Bonchev–Trinajstić information content (AvgIpc) is 2.53. The lowest BCUT2D eigenvalue weighted by molar-refractivity contribution is 0.590. The minimum absolute atomic E-state index is 0.0349. The summed E-state index contributed by atoms with van der Waals surface area (Å²) < 4.78 is 2.02. The van der Waals surface area contributed by atoms with E-state index in [1.165, 1.54) is 0 Å². The maximum absolute atomic E-state index is 11.5. The molecule has 0 saturated carbocycles. The highest BCUT2D eigenvalue weighted by atomic mass is 35.5. The molecule has 22 heavy (non-hydrogen) atoms. The predicted molar refractivity (Wildman–Crippen MR) is 88.9 cm³/mol. The number of aromatic nitrogens is 2. The van der Waals surface area contributed by atoms with Crippen LogP contribution in [0.25, 0.3) is 16.9 Å². The van der Waals surface area contributed by atoms with E-state index in [0.717, 1.165) is 17.1 Å². The Morgan fingerprint density at radius 1 is 1.18 bits per heavy atom. The van der Waals surface area contributed by atoms with Gasteiger partial charge in [0.05, 0.1) is 11.7 Å². The second kappa shape index (κ2) is 5.91. The summed E-state index contributed by atoms with van der Waals surface area (Å²) in [6.45, 7) is 2.03. The first-order chi connectivity index (χ1) is 10.6. The van der Waals surface area contributed by atoms with E-state index in [-0.39, 0.29) is 11.5 Å². The molecule has 0 spiro atoms. The fourth-order valence-electron chi connectivity index (χ4n) is 2.36. The largest absolute Gasteiger partial charge is 0.311 e. The summed E-state index contributed by atoms with van der Waals surface area (Å²) in [4.78, 5) is 16.2. The molecule has 0 bridgehead atoms.